The number of aryl methyl sites for hydroxylation is 1. The van der Waals surface area contributed by atoms with Crippen LogP contribution in [0.5, 0.6) is 0 Å². The van der Waals surface area contributed by atoms with Crippen LogP contribution < -0.4 is 10.5 Å². The first-order valence-corrected chi connectivity index (χ1v) is 8.32. The number of rotatable bonds is 5. The number of nitrogens with one attached hydrogen (secondary N) is 1. The molecule has 0 aliphatic carbocycles. The molecule has 0 aromatic heterocycles. The second-order valence-electron chi connectivity index (χ2n) is 6.45. The maximum atomic E-state index is 12.5. The van der Waals surface area contributed by atoms with Gasteiger partial charge < -0.3 is 5.73 Å². The molecule has 0 heterocycles. The Labute approximate surface area is 122 Å². The Morgan fingerprint density at radius 3 is 2.30 bits per heavy atom. The molecule has 0 aliphatic rings. The lowest BCUT2D eigenvalue weighted by Gasteiger charge is -2.29. The summed E-state index contributed by atoms with van der Waals surface area (Å²) in [6.45, 7) is 12.3. The van der Waals surface area contributed by atoms with E-state index in [9.17, 15) is 8.42 Å². The molecule has 0 atom stereocenters. The lowest BCUT2D eigenvalue weighted by atomic mass is 9.81. The van der Waals surface area contributed by atoms with Crippen LogP contribution in [0.2, 0.25) is 0 Å². The van der Waals surface area contributed by atoms with Crippen molar-refractivity contribution in [2.75, 3.05) is 12.3 Å². The van der Waals surface area contributed by atoms with Gasteiger partial charge >= 0.3 is 0 Å². The van der Waals surface area contributed by atoms with Crippen molar-refractivity contribution in [2.24, 2.45) is 11.3 Å². The quantitative estimate of drug-likeness (QED) is 0.821. The normalized spacial score (nSPS) is 12.9. The molecule has 5 heteroatoms. The molecule has 114 valence electrons. The van der Waals surface area contributed by atoms with Gasteiger partial charge in [-0.15, -0.1) is 0 Å². The van der Waals surface area contributed by atoms with Gasteiger partial charge in [0.05, 0.1) is 4.90 Å². The van der Waals surface area contributed by atoms with Gasteiger partial charge in [-0.25, -0.2) is 13.1 Å². The van der Waals surface area contributed by atoms with E-state index in [0.717, 1.165) is 5.56 Å². The first-order chi connectivity index (χ1) is 8.97. The fourth-order valence-electron chi connectivity index (χ4n) is 1.69. The third-order valence-electron chi connectivity index (χ3n) is 4.11. The second kappa shape index (κ2) is 5.74. The van der Waals surface area contributed by atoms with Crippen molar-refractivity contribution in [1.29, 1.82) is 0 Å². The summed E-state index contributed by atoms with van der Waals surface area (Å²) in [6, 6.07) is 3.45. The van der Waals surface area contributed by atoms with Gasteiger partial charge in [-0.05, 0) is 48.4 Å². The molecule has 1 aromatic carbocycles. The van der Waals surface area contributed by atoms with Gasteiger partial charge in [0, 0.05) is 12.2 Å². The lowest BCUT2D eigenvalue weighted by Crippen LogP contribution is -2.37. The highest BCUT2D eigenvalue weighted by Crippen LogP contribution is 2.27. The lowest BCUT2D eigenvalue weighted by molar-refractivity contribution is 0.252. The Morgan fingerprint density at radius 1 is 1.25 bits per heavy atom. The topological polar surface area (TPSA) is 72.2 Å². The SMILES string of the molecule is Cc1cc(N)c(C)c(S(=O)(=O)NCC(C)(C)C(C)C)c1. The molecule has 0 amide bonds. The van der Waals surface area contributed by atoms with Crippen molar-refractivity contribution in [2.45, 2.75) is 46.4 Å². The van der Waals surface area contributed by atoms with Crippen molar-refractivity contribution in [3.05, 3.63) is 23.3 Å². The maximum absolute atomic E-state index is 12.5. The minimum atomic E-state index is -3.53. The summed E-state index contributed by atoms with van der Waals surface area (Å²) >= 11 is 0. The van der Waals surface area contributed by atoms with E-state index >= 15 is 0 Å². The van der Waals surface area contributed by atoms with Crippen molar-refractivity contribution in [3.8, 4) is 0 Å². The predicted octanol–water partition coefficient (Wildman–Crippen LogP) is 2.85. The first-order valence-electron chi connectivity index (χ1n) is 6.84. The zero-order valence-corrected chi connectivity index (χ0v) is 14.1. The number of nitrogen functional groups attached to an aromatic ring is 1. The highest BCUT2D eigenvalue weighted by atomic mass is 32.2. The van der Waals surface area contributed by atoms with Crippen molar-refractivity contribution < 1.29 is 8.42 Å². The number of hydrogen-bond donors (Lipinski definition) is 2. The van der Waals surface area contributed by atoms with Gasteiger partial charge in [0.25, 0.3) is 0 Å². The third-order valence-corrected chi connectivity index (χ3v) is 5.64. The van der Waals surface area contributed by atoms with Crippen LogP contribution in [0.25, 0.3) is 0 Å². The number of anilines is 1. The van der Waals surface area contributed by atoms with E-state index < -0.39 is 10.0 Å². The predicted molar refractivity (Wildman–Crippen MR) is 84.1 cm³/mol. The molecule has 1 rings (SSSR count). The maximum Gasteiger partial charge on any atom is 0.240 e. The molecule has 0 radical (unpaired) electrons. The van der Waals surface area contributed by atoms with Gasteiger partial charge in [-0.2, -0.15) is 0 Å². The van der Waals surface area contributed by atoms with Crippen molar-refractivity contribution in [3.63, 3.8) is 0 Å². The van der Waals surface area contributed by atoms with Crippen LogP contribution in [0.1, 0.15) is 38.8 Å². The molecular formula is C15H26N2O2S. The average Bonchev–Trinajstić information content (AvgIpc) is 2.31. The summed E-state index contributed by atoms with van der Waals surface area (Å²) in [5.41, 5.74) is 7.71. The number of benzene rings is 1. The summed E-state index contributed by atoms with van der Waals surface area (Å²) in [5.74, 6) is 0.383. The highest BCUT2D eigenvalue weighted by molar-refractivity contribution is 7.89. The van der Waals surface area contributed by atoms with E-state index in [0.29, 0.717) is 23.7 Å². The van der Waals surface area contributed by atoms with E-state index in [4.69, 9.17) is 5.73 Å². The van der Waals surface area contributed by atoms with E-state index in [-0.39, 0.29) is 10.3 Å². The van der Waals surface area contributed by atoms with E-state index in [2.05, 4.69) is 32.4 Å². The number of nitrogens with two attached hydrogens (primary N) is 1. The zero-order chi connectivity index (χ0) is 15.7. The molecule has 0 fully saturated rings. The Morgan fingerprint density at radius 2 is 1.80 bits per heavy atom. The minimum absolute atomic E-state index is 0.101. The summed E-state index contributed by atoms with van der Waals surface area (Å²) in [7, 11) is -3.53. The fraction of sp³-hybridized carbons (Fsp3) is 0.600. The molecule has 4 nitrogen and oxygen atoms in total. The van der Waals surface area contributed by atoms with Gasteiger partial charge in [0.1, 0.15) is 0 Å². The highest BCUT2D eigenvalue weighted by Gasteiger charge is 2.26. The van der Waals surface area contributed by atoms with Crippen LogP contribution in [0.4, 0.5) is 5.69 Å². The summed E-state index contributed by atoms with van der Waals surface area (Å²) < 4.78 is 27.6. The summed E-state index contributed by atoms with van der Waals surface area (Å²) in [5, 5.41) is 0. The first kappa shape index (κ1) is 17.0. The second-order valence-corrected chi connectivity index (χ2v) is 8.18. The van der Waals surface area contributed by atoms with Gasteiger partial charge in [0.15, 0.2) is 0 Å². The van der Waals surface area contributed by atoms with E-state index in [1.807, 2.05) is 6.92 Å². The Kier molecular flexibility index (Phi) is 4.87. The Hall–Kier alpha value is -1.07. The van der Waals surface area contributed by atoms with Crippen LogP contribution in [0.15, 0.2) is 17.0 Å². The molecule has 3 N–H and O–H groups in total. The molecule has 0 aliphatic heterocycles. The molecule has 0 saturated carbocycles. The molecule has 0 saturated heterocycles. The summed E-state index contributed by atoms with van der Waals surface area (Å²) in [4.78, 5) is 0.273. The molecule has 0 unspecified atom stereocenters. The standard InChI is InChI=1S/C15H26N2O2S/c1-10(2)15(5,6)9-17-20(18,19)14-8-11(3)7-13(16)12(14)4/h7-8,10,17H,9,16H2,1-6H3. The Bertz CT molecular complexity index is 590. The number of sulfonamides is 1. The third kappa shape index (κ3) is 3.73. The summed E-state index contributed by atoms with van der Waals surface area (Å²) in [6.07, 6.45) is 0. The van der Waals surface area contributed by atoms with Crippen molar-refractivity contribution >= 4 is 15.7 Å². The fourth-order valence-corrected chi connectivity index (χ4v) is 3.27. The van der Waals surface area contributed by atoms with Crippen LogP contribution >= 0.6 is 0 Å². The monoisotopic (exact) mass is 298 g/mol. The molecule has 1 aromatic rings. The smallest absolute Gasteiger partial charge is 0.240 e. The largest absolute Gasteiger partial charge is 0.398 e. The number of hydrogen-bond acceptors (Lipinski definition) is 3. The van der Waals surface area contributed by atoms with Gasteiger partial charge in [0.2, 0.25) is 10.0 Å². The molecular weight excluding hydrogens is 272 g/mol. The molecule has 0 spiro atoms. The van der Waals surface area contributed by atoms with Crippen LogP contribution in [-0.4, -0.2) is 15.0 Å². The van der Waals surface area contributed by atoms with Crippen LogP contribution in [0.3, 0.4) is 0 Å². The zero-order valence-electron chi connectivity index (χ0n) is 13.2. The molecule has 20 heavy (non-hydrogen) atoms. The van der Waals surface area contributed by atoms with Crippen molar-refractivity contribution in [1.82, 2.24) is 4.72 Å². The molecule has 0 bridgehead atoms. The van der Waals surface area contributed by atoms with Gasteiger partial charge in [-0.1, -0.05) is 27.7 Å². The van der Waals surface area contributed by atoms with Gasteiger partial charge in [-0.3, -0.25) is 0 Å². The van der Waals surface area contributed by atoms with Crippen LogP contribution in [0, 0.1) is 25.2 Å². The average molecular weight is 298 g/mol. The van der Waals surface area contributed by atoms with E-state index in [1.54, 1.807) is 19.1 Å². The van der Waals surface area contributed by atoms with E-state index in [1.165, 1.54) is 0 Å². The Balaban J connectivity index is 3.07. The minimum Gasteiger partial charge on any atom is -0.398 e. The van der Waals surface area contributed by atoms with Crippen LogP contribution in [-0.2, 0) is 10.0 Å².